The highest BCUT2D eigenvalue weighted by atomic mass is 16.2. The topological polar surface area (TPSA) is 111 Å². The van der Waals surface area contributed by atoms with E-state index >= 15 is 0 Å². The molecule has 30 heavy (non-hydrogen) atoms. The van der Waals surface area contributed by atoms with Gasteiger partial charge in [0.2, 0.25) is 5.91 Å². The predicted molar refractivity (Wildman–Crippen MR) is 116 cm³/mol. The summed E-state index contributed by atoms with van der Waals surface area (Å²) in [7, 11) is 0. The van der Waals surface area contributed by atoms with Gasteiger partial charge in [-0.2, -0.15) is 0 Å². The smallest absolute Gasteiger partial charge is 0.325 e. The fourth-order valence-corrected chi connectivity index (χ4v) is 3.69. The molecule has 0 atom stereocenters. The molecule has 0 aliphatic heterocycles. The summed E-state index contributed by atoms with van der Waals surface area (Å²) in [5.74, 6) is -0.297. The van der Waals surface area contributed by atoms with Crippen molar-refractivity contribution in [1.82, 2.24) is 20.3 Å². The number of carbonyl (C=O) groups excluding carboxylic acids is 1. The van der Waals surface area contributed by atoms with Gasteiger partial charge in [0.05, 0.1) is 11.9 Å². The van der Waals surface area contributed by atoms with Crippen molar-refractivity contribution < 1.29 is 4.79 Å². The molecule has 0 unspecified atom stereocenters. The first kappa shape index (κ1) is 19.4. The lowest BCUT2D eigenvalue weighted by molar-refractivity contribution is -0.120. The Morgan fingerprint density at radius 1 is 1.00 bits per heavy atom. The number of aryl methyl sites for hydroxylation is 2. The number of aromatic amines is 3. The van der Waals surface area contributed by atoms with Crippen LogP contribution in [0.15, 0.2) is 58.3 Å². The number of carbonyl (C=O) groups is 1. The second-order valence-corrected chi connectivity index (χ2v) is 7.39. The van der Waals surface area contributed by atoms with E-state index in [-0.39, 0.29) is 17.9 Å². The Kier molecular flexibility index (Phi) is 5.10. The molecule has 2 aromatic carbocycles. The van der Waals surface area contributed by atoms with E-state index in [1.54, 1.807) is 0 Å². The van der Waals surface area contributed by atoms with Crippen LogP contribution in [0.5, 0.6) is 0 Å². The molecule has 0 aliphatic carbocycles. The second kappa shape index (κ2) is 7.87. The lowest BCUT2D eigenvalue weighted by Gasteiger charge is -2.08. The molecule has 2 heterocycles. The molecule has 4 aromatic rings. The maximum absolute atomic E-state index is 12.4. The fourth-order valence-electron chi connectivity index (χ4n) is 3.69. The van der Waals surface area contributed by atoms with Crippen LogP contribution in [0.25, 0.3) is 22.2 Å². The first-order chi connectivity index (χ1) is 14.4. The summed E-state index contributed by atoms with van der Waals surface area (Å²) in [5.41, 5.74) is 5.45. The van der Waals surface area contributed by atoms with Crippen LogP contribution in [-0.4, -0.2) is 20.9 Å². The van der Waals surface area contributed by atoms with E-state index in [2.05, 4.69) is 45.4 Å². The summed E-state index contributed by atoms with van der Waals surface area (Å²) < 4.78 is 0. The third-order valence-electron chi connectivity index (χ3n) is 5.18. The van der Waals surface area contributed by atoms with E-state index in [0.29, 0.717) is 6.54 Å². The average Bonchev–Trinajstić information content (AvgIpc) is 3.05. The Morgan fingerprint density at radius 2 is 1.77 bits per heavy atom. The van der Waals surface area contributed by atoms with E-state index in [1.165, 1.54) is 6.20 Å². The van der Waals surface area contributed by atoms with Crippen LogP contribution in [0.1, 0.15) is 22.3 Å². The van der Waals surface area contributed by atoms with Crippen LogP contribution < -0.4 is 16.6 Å². The van der Waals surface area contributed by atoms with Crippen molar-refractivity contribution in [3.05, 3.63) is 91.8 Å². The Hall–Kier alpha value is -3.87. The number of aromatic nitrogens is 3. The van der Waals surface area contributed by atoms with Crippen molar-refractivity contribution in [2.45, 2.75) is 26.8 Å². The molecule has 0 bridgehead atoms. The molecule has 0 aliphatic rings. The summed E-state index contributed by atoms with van der Waals surface area (Å²) in [4.78, 5) is 43.3. The maximum Gasteiger partial charge on any atom is 0.325 e. The van der Waals surface area contributed by atoms with Crippen LogP contribution in [0.2, 0.25) is 0 Å². The molecule has 4 N–H and O–H groups in total. The Labute approximate surface area is 172 Å². The quantitative estimate of drug-likeness (QED) is 0.412. The van der Waals surface area contributed by atoms with Crippen LogP contribution in [0, 0.1) is 13.8 Å². The number of benzene rings is 2. The van der Waals surface area contributed by atoms with Crippen molar-refractivity contribution in [1.29, 1.82) is 0 Å². The first-order valence-electron chi connectivity index (χ1n) is 9.67. The van der Waals surface area contributed by atoms with Crippen molar-refractivity contribution >= 4 is 16.8 Å². The Bertz CT molecular complexity index is 1350. The minimum absolute atomic E-state index is 0.111. The fraction of sp³-hybridized carbons (Fsp3) is 0.174. The number of H-pyrrole nitrogens is 3. The van der Waals surface area contributed by atoms with Gasteiger partial charge in [-0.05, 0) is 36.6 Å². The monoisotopic (exact) mass is 402 g/mol. The highest BCUT2D eigenvalue weighted by Crippen LogP contribution is 2.32. The molecule has 0 radical (unpaired) electrons. The zero-order valence-electron chi connectivity index (χ0n) is 16.8. The molecule has 7 nitrogen and oxygen atoms in total. The summed E-state index contributed by atoms with van der Waals surface area (Å²) in [6, 6.07) is 14.3. The summed E-state index contributed by atoms with van der Waals surface area (Å²) in [5, 5.41) is 3.99. The van der Waals surface area contributed by atoms with E-state index in [1.807, 2.05) is 31.2 Å². The van der Waals surface area contributed by atoms with E-state index in [0.717, 1.165) is 38.9 Å². The van der Waals surface area contributed by atoms with Gasteiger partial charge in [0, 0.05) is 29.4 Å². The molecule has 152 valence electrons. The number of amides is 1. The van der Waals surface area contributed by atoms with Gasteiger partial charge in [-0.25, -0.2) is 4.79 Å². The standard InChI is InChI=1S/C23H22N4O3/c1-13-8-16(11-24-19(28)10-17-12-25-23(30)27-22(17)29)21-18(9-13)14(2)20(26-21)15-6-4-3-5-7-15/h3-9,12,26H,10-11H2,1-2H3,(H,24,28)(H2,25,27,29,30). The molecule has 7 heteroatoms. The van der Waals surface area contributed by atoms with Gasteiger partial charge in [-0.1, -0.05) is 42.0 Å². The van der Waals surface area contributed by atoms with Crippen LogP contribution >= 0.6 is 0 Å². The zero-order valence-corrected chi connectivity index (χ0v) is 16.8. The van der Waals surface area contributed by atoms with Crippen LogP contribution in [-0.2, 0) is 17.8 Å². The van der Waals surface area contributed by atoms with Crippen molar-refractivity contribution in [3.8, 4) is 11.3 Å². The van der Waals surface area contributed by atoms with Gasteiger partial charge in [0.25, 0.3) is 5.56 Å². The van der Waals surface area contributed by atoms with E-state index in [4.69, 9.17) is 0 Å². The maximum atomic E-state index is 12.4. The summed E-state index contributed by atoms with van der Waals surface area (Å²) in [6.07, 6.45) is 1.16. The molecule has 0 saturated heterocycles. The van der Waals surface area contributed by atoms with Crippen molar-refractivity contribution in [3.63, 3.8) is 0 Å². The summed E-state index contributed by atoms with van der Waals surface area (Å²) >= 11 is 0. The normalized spacial score (nSPS) is 11.0. The molecule has 2 aromatic heterocycles. The molecule has 0 fully saturated rings. The lowest BCUT2D eigenvalue weighted by atomic mass is 10.0. The number of rotatable bonds is 5. The van der Waals surface area contributed by atoms with Gasteiger partial charge in [-0.15, -0.1) is 0 Å². The van der Waals surface area contributed by atoms with Gasteiger partial charge >= 0.3 is 5.69 Å². The second-order valence-electron chi connectivity index (χ2n) is 7.39. The van der Waals surface area contributed by atoms with Crippen LogP contribution in [0.4, 0.5) is 0 Å². The van der Waals surface area contributed by atoms with Crippen molar-refractivity contribution in [2.24, 2.45) is 0 Å². The largest absolute Gasteiger partial charge is 0.354 e. The zero-order chi connectivity index (χ0) is 21.3. The molecule has 0 saturated carbocycles. The average molecular weight is 402 g/mol. The Morgan fingerprint density at radius 3 is 2.50 bits per heavy atom. The third-order valence-corrected chi connectivity index (χ3v) is 5.18. The highest BCUT2D eigenvalue weighted by molar-refractivity contribution is 5.93. The van der Waals surface area contributed by atoms with E-state index < -0.39 is 11.2 Å². The van der Waals surface area contributed by atoms with Gasteiger partial charge in [0.1, 0.15) is 0 Å². The minimum Gasteiger partial charge on any atom is -0.354 e. The number of fused-ring (bicyclic) bond motifs is 1. The van der Waals surface area contributed by atoms with Crippen molar-refractivity contribution in [2.75, 3.05) is 0 Å². The lowest BCUT2D eigenvalue weighted by Crippen LogP contribution is -2.30. The number of nitrogens with one attached hydrogen (secondary N) is 4. The SMILES string of the molecule is Cc1cc(CNC(=O)Cc2c[nH]c(=O)[nH]c2=O)c2[nH]c(-c3ccccc3)c(C)c2c1. The third kappa shape index (κ3) is 3.82. The first-order valence-corrected chi connectivity index (χ1v) is 9.67. The molecule has 4 rings (SSSR count). The summed E-state index contributed by atoms with van der Waals surface area (Å²) in [6.45, 7) is 4.44. The number of hydrogen-bond acceptors (Lipinski definition) is 3. The Balaban J connectivity index is 1.60. The predicted octanol–water partition coefficient (Wildman–Crippen LogP) is 2.69. The molecular weight excluding hydrogens is 380 g/mol. The van der Waals surface area contributed by atoms with Gasteiger partial charge < -0.3 is 15.3 Å². The molecule has 1 amide bonds. The van der Waals surface area contributed by atoms with Crippen LogP contribution in [0.3, 0.4) is 0 Å². The minimum atomic E-state index is -0.595. The number of hydrogen-bond donors (Lipinski definition) is 4. The highest BCUT2D eigenvalue weighted by Gasteiger charge is 2.14. The molecular formula is C23H22N4O3. The van der Waals surface area contributed by atoms with Gasteiger partial charge in [-0.3, -0.25) is 14.6 Å². The van der Waals surface area contributed by atoms with Gasteiger partial charge in [0.15, 0.2) is 0 Å². The van der Waals surface area contributed by atoms with E-state index in [9.17, 15) is 14.4 Å². The molecule has 0 spiro atoms.